The third-order valence-electron chi connectivity index (χ3n) is 1.60. The monoisotopic (exact) mass is 216 g/mol. The molecule has 0 unspecified atom stereocenters. The van der Waals surface area contributed by atoms with Gasteiger partial charge < -0.3 is 5.11 Å². The predicted molar refractivity (Wildman–Crippen MR) is 68.1 cm³/mol. The Hall–Kier alpha value is -2.09. The van der Waals surface area contributed by atoms with E-state index in [0.717, 1.165) is 0 Å². The summed E-state index contributed by atoms with van der Waals surface area (Å²) in [5.74, 6) is -0.817. The summed E-state index contributed by atoms with van der Waals surface area (Å²) in [6.45, 7) is 7.01. The molecule has 0 aliphatic heterocycles. The minimum Gasteiger partial charge on any atom is -0.481 e. The maximum atomic E-state index is 9.79. The highest BCUT2D eigenvalue weighted by molar-refractivity contribution is 5.68. The standard InChI is InChI=1S/C8H8.C6H8O2/c1-2-8-6-4-3-5-7-8;1-2-3-4-5-6(7)8/h2-7H,1H2;2-4H,1,5H2,(H,7,8). The summed E-state index contributed by atoms with van der Waals surface area (Å²) in [7, 11) is 0. The van der Waals surface area contributed by atoms with E-state index in [9.17, 15) is 4.79 Å². The van der Waals surface area contributed by atoms with Gasteiger partial charge in [0.2, 0.25) is 0 Å². The zero-order chi connectivity index (χ0) is 12.2. The van der Waals surface area contributed by atoms with E-state index in [0.29, 0.717) is 0 Å². The van der Waals surface area contributed by atoms with E-state index in [1.807, 2.05) is 36.4 Å². The van der Waals surface area contributed by atoms with Crippen molar-refractivity contribution < 1.29 is 9.90 Å². The van der Waals surface area contributed by atoms with Crippen molar-refractivity contribution in [2.45, 2.75) is 6.42 Å². The molecular formula is C14H16O2. The number of rotatable bonds is 4. The van der Waals surface area contributed by atoms with Crippen LogP contribution in [0.15, 0.2) is 61.7 Å². The molecule has 0 atom stereocenters. The Morgan fingerprint density at radius 1 is 1.25 bits per heavy atom. The van der Waals surface area contributed by atoms with E-state index in [1.54, 1.807) is 12.2 Å². The Balaban J connectivity index is 0.000000281. The van der Waals surface area contributed by atoms with Crippen molar-refractivity contribution in [3.8, 4) is 0 Å². The molecule has 16 heavy (non-hydrogen) atoms. The first-order valence-corrected chi connectivity index (χ1v) is 4.87. The SMILES string of the molecule is C=CC=CCC(=O)O.C=Cc1ccccc1. The van der Waals surface area contributed by atoms with Crippen LogP contribution in [0.5, 0.6) is 0 Å². The molecule has 0 radical (unpaired) electrons. The van der Waals surface area contributed by atoms with Crippen LogP contribution in [0.3, 0.4) is 0 Å². The van der Waals surface area contributed by atoms with Gasteiger partial charge in [-0.05, 0) is 5.56 Å². The van der Waals surface area contributed by atoms with Crippen LogP contribution in [0.4, 0.5) is 0 Å². The van der Waals surface area contributed by atoms with Crippen LogP contribution in [0.25, 0.3) is 6.08 Å². The van der Waals surface area contributed by atoms with E-state index in [4.69, 9.17) is 5.11 Å². The van der Waals surface area contributed by atoms with Crippen molar-refractivity contribution in [1.82, 2.24) is 0 Å². The largest absolute Gasteiger partial charge is 0.481 e. The van der Waals surface area contributed by atoms with Gasteiger partial charge in [0.25, 0.3) is 0 Å². The second kappa shape index (κ2) is 9.46. The van der Waals surface area contributed by atoms with Crippen LogP contribution < -0.4 is 0 Å². The first kappa shape index (κ1) is 13.9. The van der Waals surface area contributed by atoms with Gasteiger partial charge in [-0.15, -0.1) is 0 Å². The molecule has 0 bridgehead atoms. The Bertz CT molecular complexity index is 350. The first-order chi connectivity index (χ1) is 7.70. The number of carboxylic acids is 1. The summed E-state index contributed by atoms with van der Waals surface area (Å²) in [6, 6.07) is 10.0. The predicted octanol–water partition coefficient (Wildman–Crippen LogP) is 3.53. The van der Waals surface area contributed by atoms with E-state index in [1.165, 1.54) is 11.6 Å². The van der Waals surface area contributed by atoms with Crippen LogP contribution >= 0.6 is 0 Å². The van der Waals surface area contributed by atoms with Gasteiger partial charge in [-0.1, -0.05) is 67.8 Å². The third kappa shape index (κ3) is 8.51. The van der Waals surface area contributed by atoms with Gasteiger partial charge in [0, 0.05) is 0 Å². The van der Waals surface area contributed by atoms with Crippen molar-refractivity contribution in [1.29, 1.82) is 0 Å². The van der Waals surface area contributed by atoms with Gasteiger partial charge >= 0.3 is 5.97 Å². The number of carbonyl (C=O) groups is 1. The number of benzene rings is 1. The average Bonchev–Trinajstić information content (AvgIpc) is 2.31. The van der Waals surface area contributed by atoms with Crippen molar-refractivity contribution in [3.05, 3.63) is 67.3 Å². The molecule has 2 nitrogen and oxygen atoms in total. The minimum atomic E-state index is -0.817. The lowest BCUT2D eigenvalue weighted by Gasteiger charge is -1.85. The Morgan fingerprint density at radius 3 is 2.25 bits per heavy atom. The molecule has 0 amide bonds. The molecule has 1 aromatic carbocycles. The summed E-state index contributed by atoms with van der Waals surface area (Å²) < 4.78 is 0. The van der Waals surface area contributed by atoms with Gasteiger partial charge in [-0.3, -0.25) is 4.79 Å². The number of allylic oxidation sites excluding steroid dienone is 2. The first-order valence-electron chi connectivity index (χ1n) is 4.87. The Morgan fingerprint density at radius 2 is 1.88 bits per heavy atom. The summed E-state index contributed by atoms with van der Waals surface area (Å²) in [4.78, 5) is 9.79. The van der Waals surface area contributed by atoms with Gasteiger partial charge in [0.05, 0.1) is 6.42 Å². The van der Waals surface area contributed by atoms with Crippen LogP contribution in [-0.4, -0.2) is 11.1 Å². The second-order valence-electron chi connectivity index (χ2n) is 2.88. The third-order valence-corrected chi connectivity index (χ3v) is 1.60. The number of carboxylic acid groups (broad SMARTS) is 1. The summed E-state index contributed by atoms with van der Waals surface area (Å²) >= 11 is 0. The smallest absolute Gasteiger partial charge is 0.307 e. The fourth-order valence-electron chi connectivity index (χ4n) is 0.854. The molecule has 0 heterocycles. The minimum absolute atomic E-state index is 0.0754. The highest BCUT2D eigenvalue weighted by Crippen LogP contribution is 1.97. The van der Waals surface area contributed by atoms with Crippen LogP contribution in [0.2, 0.25) is 0 Å². The zero-order valence-corrected chi connectivity index (χ0v) is 9.17. The molecule has 0 spiro atoms. The van der Waals surface area contributed by atoms with Gasteiger partial charge in [0.1, 0.15) is 0 Å². The second-order valence-corrected chi connectivity index (χ2v) is 2.88. The quantitative estimate of drug-likeness (QED) is 0.782. The van der Waals surface area contributed by atoms with Crippen molar-refractivity contribution >= 4 is 12.0 Å². The average molecular weight is 216 g/mol. The normalized spacial score (nSPS) is 9.00. The zero-order valence-electron chi connectivity index (χ0n) is 9.17. The van der Waals surface area contributed by atoms with Gasteiger partial charge in [-0.2, -0.15) is 0 Å². The summed E-state index contributed by atoms with van der Waals surface area (Å²) in [6.07, 6.45) is 6.60. The van der Waals surface area contributed by atoms with E-state index >= 15 is 0 Å². The molecule has 0 aromatic heterocycles. The number of hydrogen-bond acceptors (Lipinski definition) is 1. The molecule has 0 saturated carbocycles. The molecule has 1 aromatic rings. The lowest BCUT2D eigenvalue weighted by Crippen LogP contribution is -1.88. The molecule has 0 fully saturated rings. The molecule has 0 aliphatic carbocycles. The lowest BCUT2D eigenvalue weighted by atomic mass is 10.2. The molecule has 84 valence electrons. The topological polar surface area (TPSA) is 37.3 Å². The van der Waals surface area contributed by atoms with E-state index < -0.39 is 5.97 Å². The van der Waals surface area contributed by atoms with E-state index in [-0.39, 0.29) is 6.42 Å². The fourth-order valence-corrected chi connectivity index (χ4v) is 0.854. The van der Waals surface area contributed by atoms with Crippen LogP contribution in [0.1, 0.15) is 12.0 Å². The maximum Gasteiger partial charge on any atom is 0.307 e. The highest BCUT2D eigenvalue weighted by atomic mass is 16.4. The van der Waals surface area contributed by atoms with Crippen molar-refractivity contribution in [2.75, 3.05) is 0 Å². The fraction of sp³-hybridized carbons (Fsp3) is 0.0714. The van der Waals surface area contributed by atoms with Gasteiger partial charge in [0.15, 0.2) is 0 Å². The van der Waals surface area contributed by atoms with Crippen LogP contribution in [0, 0.1) is 0 Å². The molecule has 2 heteroatoms. The summed E-state index contributed by atoms with van der Waals surface area (Å²) in [5.41, 5.74) is 1.17. The maximum absolute atomic E-state index is 9.79. The van der Waals surface area contributed by atoms with Crippen LogP contribution in [-0.2, 0) is 4.79 Å². The molecule has 0 saturated heterocycles. The van der Waals surface area contributed by atoms with Crippen molar-refractivity contribution in [2.24, 2.45) is 0 Å². The number of hydrogen-bond donors (Lipinski definition) is 1. The highest BCUT2D eigenvalue weighted by Gasteiger charge is 1.85. The van der Waals surface area contributed by atoms with E-state index in [2.05, 4.69) is 13.2 Å². The Labute approximate surface area is 96.2 Å². The number of aliphatic carboxylic acids is 1. The summed E-state index contributed by atoms with van der Waals surface area (Å²) in [5, 5.41) is 8.05. The molecule has 1 rings (SSSR count). The molecule has 1 N–H and O–H groups in total. The molecule has 0 aliphatic rings. The van der Waals surface area contributed by atoms with Crippen molar-refractivity contribution in [3.63, 3.8) is 0 Å². The lowest BCUT2D eigenvalue weighted by molar-refractivity contribution is -0.135. The molecular weight excluding hydrogens is 200 g/mol. The van der Waals surface area contributed by atoms with Gasteiger partial charge in [-0.25, -0.2) is 0 Å². The Kier molecular flexibility index (Phi) is 8.23.